The topological polar surface area (TPSA) is 12.9 Å². The van der Waals surface area contributed by atoms with Gasteiger partial charge < -0.3 is 0 Å². The van der Waals surface area contributed by atoms with Crippen molar-refractivity contribution in [2.24, 2.45) is 0 Å². The number of benzene rings is 3. The van der Waals surface area contributed by atoms with E-state index >= 15 is 0 Å². The molecule has 0 spiro atoms. The van der Waals surface area contributed by atoms with Gasteiger partial charge in [-0.3, -0.25) is 0 Å². The first kappa shape index (κ1) is 19.8. The maximum Gasteiger partial charge on any atom is 0.124 e. The van der Waals surface area contributed by atoms with Crippen molar-refractivity contribution in [2.45, 2.75) is 52.4 Å². The summed E-state index contributed by atoms with van der Waals surface area (Å²) in [4.78, 5) is 4.85. The van der Waals surface area contributed by atoms with Crippen molar-refractivity contribution in [3.63, 3.8) is 0 Å². The summed E-state index contributed by atoms with van der Waals surface area (Å²) in [7, 11) is 0. The molecule has 0 saturated carbocycles. The van der Waals surface area contributed by atoms with Crippen LogP contribution in [0.3, 0.4) is 0 Å². The SMILES string of the molecule is CC(C)(C)c1cc(-c2cccc(-c3nc4ccccc4s3)c2)cc(C(C)(C)C)c1. The molecule has 0 aliphatic carbocycles. The Labute approximate surface area is 178 Å². The Morgan fingerprint density at radius 3 is 1.86 bits per heavy atom. The molecule has 1 nitrogen and oxygen atoms in total. The summed E-state index contributed by atoms with van der Waals surface area (Å²) in [6.45, 7) is 13.7. The number of hydrogen-bond acceptors (Lipinski definition) is 2. The molecule has 4 rings (SSSR count). The standard InChI is InChI=1S/C27H29NS/c1-26(2,3)21-15-20(16-22(17-21)27(4,5)6)18-10-9-11-19(14-18)25-28-23-12-7-8-13-24(23)29-25/h7-17H,1-6H3. The largest absolute Gasteiger partial charge is 0.236 e. The van der Waals surface area contributed by atoms with Crippen molar-refractivity contribution in [2.75, 3.05) is 0 Å². The highest BCUT2D eigenvalue weighted by molar-refractivity contribution is 7.21. The zero-order valence-corrected chi connectivity index (χ0v) is 19.0. The Kier molecular flexibility index (Phi) is 4.86. The smallest absolute Gasteiger partial charge is 0.124 e. The number of rotatable bonds is 2. The van der Waals surface area contributed by atoms with Crippen molar-refractivity contribution in [3.05, 3.63) is 77.9 Å². The predicted octanol–water partition coefficient (Wildman–Crippen LogP) is 8.23. The van der Waals surface area contributed by atoms with Crippen LogP contribution in [0, 0.1) is 0 Å². The van der Waals surface area contributed by atoms with Gasteiger partial charge in [0.05, 0.1) is 10.2 Å². The summed E-state index contributed by atoms with van der Waals surface area (Å²) in [5, 5.41) is 1.08. The normalized spacial score (nSPS) is 12.5. The molecule has 0 fully saturated rings. The highest BCUT2D eigenvalue weighted by Crippen LogP contribution is 2.36. The Balaban J connectivity index is 1.84. The van der Waals surface area contributed by atoms with Crippen LogP contribution in [0.1, 0.15) is 52.7 Å². The molecule has 4 aromatic rings. The number of fused-ring (bicyclic) bond motifs is 1. The van der Waals surface area contributed by atoms with Crippen LogP contribution >= 0.6 is 11.3 Å². The molecule has 0 aliphatic heterocycles. The lowest BCUT2D eigenvalue weighted by molar-refractivity contribution is 0.569. The lowest BCUT2D eigenvalue weighted by atomic mass is 9.79. The minimum absolute atomic E-state index is 0.112. The number of thiazole rings is 1. The molecular formula is C27H29NS. The molecule has 3 aromatic carbocycles. The molecule has 0 radical (unpaired) electrons. The molecule has 29 heavy (non-hydrogen) atoms. The van der Waals surface area contributed by atoms with E-state index in [0.29, 0.717) is 0 Å². The van der Waals surface area contributed by atoms with Crippen LogP contribution in [0.25, 0.3) is 31.9 Å². The van der Waals surface area contributed by atoms with E-state index in [1.807, 2.05) is 6.07 Å². The van der Waals surface area contributed by atoms with Crippen LogP contribution in [-0.2, 0) is 10.8 Å². The van der Waals surface area contributed by atoms with Crippen molar-refractivity contribution in [1.82, 2.24) is 4.98 Å². The van der Waals surface area contributed by atoms with Gasteiger partial charge in [0.1, 0.15) is 5.01 Å². The van der Waals surface area contributed by atoms with Gasteiger partial charge in [0.15, 0.2) is 0 Å². The summed E-state index contributed by atoms with van der Waals surface area (Å²) in [5.74, 6) is 0. The Bertz CT molecular complexity index is 1100. The Morgan fingerprint density at radius 1 is 0.621 bits per heavy atom. The lowest BCUT2D eigenvalue weighted by Gasteiger charge is -2.26. The van der Waals surface area contributed by atoms with Gasteiger partial charge in [0.25, 0.3) is 0 Å². The molecule has 0 bridgehead atoms. The Hall–Kier alpha value is -2.45. The van der Waals surface area contributed by atoms with Crippen molar-refractivity contribution >= 4 is 21.6 Å². The van der Waals surface area contributed by atoms with Crippen molar-refractivity contribution < 1.29 is 0 Å². The fourth-order valence-electron chi connectivity index (χ4n) is 3.49. The molecule has 0 aliphatic rings. The van der Waals surface area contributed by atoms with E-state index in [-0.39, 0.29) is 10.8 Å². The van der Waals surface area contributed by atoms with Crippen LogP contribution in [0.4, 0.5) is 0 Å². The van der Waals surface area contributed by atoms with E-state index in [4.69, 9.17) is 4.98 Å². The second kappa shape index (κ2) is 7.11. The van der Waals surface area contributed by atoms with Crippen LogP contribution < -0.4 is 0 Å². The third-order valence-electron chi connectivity index (χ3n) is 5.40. The summed E-state index contributed by atoms with van der Waals surface area (Å²) < 4.78 is 1.23. The molecule has 0 saturated heterocycles. The van der Waals surface area contributed by atoms with Gasteiger partial charge in [-0.2, -0.15) is 0 Å². The van der Waals surface area contributed by atoms with E-state index in [2.05, 4.69) is 102 Å². The lowest BCUT2D eigenvalue weighted by Crippen LogP contribution is -2.16. The van der Waals surface area contributed by atoms with E-state index in [1.54, 1.807) is 11.3 Å². The van der Waals surface area contributed by atoms with Crippen molar-refractivity contribution in [3.8, 4) is 21.7 Å². The van der Waals surface area contributed by atoms with Gasteiger partial charge in [0, 0.05) is 5.56 Å². The van der Waals surface area contributed by atoms with Gasteiger partial charge in [-0.1, -0.05) is 90.1 Å². The fraction of sp³-hybridized carbons (Fsp3) is 0.296. The molecule has 1 heterocycles. The van der Waals surface area contributed by atoms with Crippen LogP contribution in [0.15, 0.2) is 66.7 Å². The van der Waals surface area contributed by atoms with Gasteiger partial charge in [0.2, 0.25) is 0 Å². The first-order chi connectivity index (χ1) is 13.6. The van der Waals surface area contributed by atoms with E-state index in [9.17, 15) is 0 Å². The molecule has 0 amide bonds. The summed E-state index contributed by atoms with van der Waals surface area (Å²) in [6, 6.07) is 24.2. The minimum Gasteiger partial charge on any atom is -0.236 e. The summed E-state index contributed by atoms with van der Waals surface area (Å²) >= 11 is 1.76. The number of aromatic nitrogens is 1. The zero-order chi connectivity index (χ0) is 20.8. The highest BCUT2D eigenvalue weighted by Gasteiger charge is 2.21. The van der Waals surface area contributed by atoms with Gasteiger partial charge in [-0.25, -0.2) is 4.98 Å². The first-order valence-electron chi connectivity index (χ1n) is 10.2. The van der Waals surface area contributed by atoms with Gasteiger partial charge in [-0.05, 0) is 51.3 Å². The molecule has 148 valence electrons. The Morgan fingerprint density at radius 2 is 1.24 bits per heavy atom. The maximum atomic E-state index is 4.85. The van der Waals surface area contributed by atoms with Crippen molar-refractivity contribution in [1.29, 1.82) is 0 Å². The average Bonchev–Trinajstić information content (AvgIpc) is 3.11. The minimum atomic E-state index is 0.112. The fourth-order valence-corrected chi connectivity index (χ4v) is 4.45. The number of para-hydroxylation sites is 1. The number of nitrogens with zero attached hydrogens (tertiary/aromatic N) is 1. The number of hydrogen-bond donors (Lipinski definition) is 0. The molecule has 1 aromatic heterocycles. The van der Waals surface area contributed by atoms with E-state index < -0.39 is 0 Å². The molecule has 0 atom stereocenters. The van der Waals surface area contributed by atoms with Crippen LogP contribution in [0.5, 0.6) is 0 Å². The second-order valence-corrected chi connectivity index (χ2v) is 10.9. The molecule has 0 unspecified atom stereocenters. The quantitative estimate of drug-likeness (QED) is 0.331. The molecule has 2 heteroatoms. The third kappa shape index (κ3) is 4.13. The summed E-state index contributed by atoms with van der Waals surface area (Å²) in [5.41, 5.74) is 7.77. The third-order valence-corrected chi connectivity index (χ3v) is 6.49. The first-order valence-corrected chi connectivity index (χ1v) is 11.1. The van der Waals surface area contributed by atoms with Gasteiger partial charge in [-0.15, -0.1) is 11.3 Å². The highest BCUT2D eigenvalue weighted by atomic mass is 32.1. The summed E-state index contributed by atoms with van der Waals surface area (Å²) in [6.07, 6.45) is 0. The average molecular weight is 400 g/mol. The zero-order valence-electron chi connectivity index (χ0n) is 18.2. The predicted molar refractivity (Wildman–Crippen MR) is 128 cm³/mol. The van der Waals surface area contributed by atoms with E-state index in [1.165, 1.54) is 32.5 Å². The van der Waals surface area contributed by atoms with Crippen LogP contribution in [0.2, 0.25) is 0 Å². The van der Waals surface area contributed by atoms with E-state index in [0.717, 1.165) is 10.5 Å². The monoisotopic (exact) mass is 399 g/mol. The molecular weight excluding hydrogens is 370 g/mol. The molecule has 0 N–H and O–H groups in total. The second-order valence-electron chi connectivity index (χ2n) is 9.87. The van der Waals surface area contributed by atoms with Crippen LogP contribution in [-0.4, -0.2) is 4.98 Å². The maximum absolute atomic E-state index is 4.85. The van der Waals surface area contributed by atoms with Gasteiger partial charge >= 0.3 is 0 Å².